The van der Waals surface area contributed by atoms with E-state index in [1.165, 1.54) is 12.8 Å². The molecule has 0 saturated heterocycles. The van der Waals surface area contributed by atoms with Gasteiger partial charge in [-0.15, -0.1) is 0 Å². The molecule has 14 heavy (non-hydrogen) atoms. The minimum absolute atomic E-state index is 0.0283. The molecule has 1 rings (SSSR count). The molecule has 0 unspecified atom stereocenters. The second kappa shape index (κ2) is 5.59. The highest BCUT2D eigenvalue weighted by molar-refractivity contribution is 5.78. The van der Waals surface area contributed by atoms with E-state index in [4.69, 9.17) is 5.73 Å². The van der Waals surface area contributed by atoms with Gasteiger partial charge in [0.1, 0.15) is 0 Å². The second-order valence-electron chi connectivity index (χ2n) is 3.54. The Morgan fingerprint density at radius 3 is 2.50 bits per heavy atom. The molecule has 1 aliphatic carbocycles. The van der Waals surface area contributed by atoms with Gasteiger partial charge in [0.2, 0.25) is 11.8 Å². The third-order valence-corrected chi connectivity index (χ3v) is 2.06. The van der Waals surface area contributed by atoms with Crippen LogP contribution >= 0.6 is 0 Å². The first kappa shape index (κ1) is 11.0. The van der Waals surface area contributed by atoms with E-state index < -0.39 is 0 Å². The van der Waals surface area contributed by atoms with Crippen LogP contribution in [0.3, 0.4) is 0 Å². The summed E-state index contributed by atoms with van der Waals surface area (Å²) in [5.41, 5.74) is 4.92. The van der Waals surface area contributed by atoms with Gasteiger partial charge in [-0.05, 0) is 12.8 Å². The van der Waals surface area contributed by atoms with Crippen LogP contribution in [-0.4, -0.2) is 30.9 Å². The van der Waals surface area contributed by atoms with Gasteiger partial charge in [0.15, 0.2) is 0 Å². The summed E-state index contributed by atoms with van der Waals surface area (Å²) in [6.07, 6.45) is 3.13. The second-order valence-corrected chi connectivity index (χ2v) is 3.54. The lowest BCUT2D eigenvalue weighted by Crippen LogP contribution is -2.30. The van der Waals surface area contributed by atoms with Crippen LogP contribution in [0.5, 0.6) is 0 Å². The zero-order valence-corrected chi connectivity index (χ0v) is 8.21. The molecule has 5 nitrogen and oxygen atoms in total. The molecule has 1 saturated carbocycles. The maximum Gasteiger partial charge on any atom is 0.221 e. The third-order valence-electron chi connectivity index (χ3n) is 2.06. The number of hydrogen-bond donors (Lipinski definition) is 3. The highest BCUT2D eigenvalue weighted by Crippen LogP contribution is 2.18. The zero-order chi connectivity index (χ0) is 10.4. The summed E-state index contributed by atoms with van der Waals surface area (Å²) in [6.45, 7) is 1.06. The molecule has 0 bridgehead atoms. The van der Waals surface area contributed by atoms with Gasteiger partial charge in [-0.2, -0.15) is 0 Å². The van der Waals surface area contributed by atoms with Crippen LogP contribution in [-0.2, 0) is 9.59 Å². The number of carbonyl (C=O) groups is 2. The van der Waals surface area contributed by atoms with Crippen molar-refractivity contribution in [3.05, 3.63) is 0 Å². The van der Waals surface area contributed by atoms with Crippen molar-refractivity contribution < 1.29 is 9.59 Å². The Hall–Kier alpha value is -1.10. The van der Waals surface area contributed by atoms with Gasteiger partial charge in [-0.1, -0.05) is 0 Å². The Kier molecular flexibility index (Phi) is 4.39. The van der Waals surface area contributed by atoms with Gasteiger partial charge >= 0.3 is 0 Å². The van der Waals surface area contributed by atoms with E-state index in [2.05, 4.69) is 10.6 Å². The standard InChI is InChI=1S/C9H17N3O2/c10-8(13)3-5-12-9(14)4-6-11-7-1-2-7/h7,11H,1-6H2,(H2,10,13)(H,12,14). The van der Waals surface area contributed by atoms with Crippen LogP contribution in [0.1, 0.15) is 25.7 Å². The van der Waals surface area contributed by atoms with Crippen molar-refractivity contribution in [2.45, 2.75) is 31.7 Å². The summed E-state index contributed by atoms with van der Waals surface area (Å²) in [4.78, 5) is 21.5. The number of amides is 2. The normalized spacial score (nSPS) is 15.1. The van der Waals surface area contributed by atoms with Crippen molar-refractivity contribution >= 4 is 11.8 Å². The lowest BCUT2D eigenvalue weighted by atomic mass is 10.3. The monoisotopic (exact) mass is 199 g/mol. The fourth-order valence-corrected chi connectivity index (χ4v) is 1.09. The molecular formula is C9H17N3O2. The number of hydrogen-bond acceptors (Lipinski definition) is 3. The van der Waals surface area contributed by atoms with E-state index >= 15 is 0 Å². The van der Waals surface area contributed by atoms with Crippen LogP contribution in [0.25, 0.3) is 0 Å². The summed E-state index contributed by atoms with van der Waals surface area (Å²) < 4.78 is 0. The molecule has 0 spiro atoms. The van der Waals surface area contributed by atoms with Crippen molar-refractivity contribution in [1.29, 1.82) is 0 Å². The zero-order valence-electron chi connectivity index (χ0n) is 8.21. The number of primary amides is 1. The van der Waals surface area contributed by atoms with Crippen LogP contribution in [0.4, 0.5) is 0 Å². The SMILES string of the molecule is NC(=O)CCNC(=O)CCNC1CC1. The minimum Gasteiger partial charge on any atom is -0.370 e. The lowest BCUT2D eigenvalue weighted by molar-refractivity contribution is -0.121. The molecule has 1 fully saturated rings. The average Bonchev–Trinajstić information content (AvgIpc) is 2.87. The van der Waals surface area contributed by atoms with E-state index in [-0.39, 0.29) is 18.2 Å². The molecular weight excluding hydrogens is 182 g/mol. The maximum atomic E-state index is 11.1. The van der Waals surface area contributed by atoms with Gasteiger partial charge in [-0.3, -0.25) is 9.59 Å². The highest BCUT2D eigenvalue weighted by Gasteiger charge is 2.19. The predicted molar refractivity (Wildman–Crippen MR) is 52.5 cm³/mol. The topological polar surface area (TPSA) is 84.2 Å². The van der Waals surface area contributed by atoms with Gasteiger partial charge < -0.3 is 16.4 Å². The van der Waals surface area contributed by atoms with Crippen molar-refractivity contribution in [1.82, 2.24) is 10.6 Å². The Balaban J connectivity index is 1.89. The molecule has 0 aromatic carbocycles. The first-order valence-electron chi connectivity index (χ1n) is 4.97. The maximum absolute atomic E-state index is 11.1. The molecule has 0 aliphatic heterocycles. The molecule has 0 atom stereocenters. The number of rotatable bonds is 7. The van der Waals surface area contributed by atoms with E-state index in [1.54, 1.807) is 0 Å². The minimum atomic E-state index is -0.388. The van der Waals surface area contributed by atoms with Gasteiger partial charge in [-0.25, -0.2) is 0 Å². The van der Waals surface area contributed by atoms with Gasteiger partial charge in [0, 0.05) is 32.0 Å². The fourth-order valence-electron chi connectivity index (χ4n) is 1.09. The van der Waals surface area contributed by atoms with Crippen LogP contribution < -0.4 is 16.4 Å². The van der Waals surface area contributed by atoms with E-state index in [0.717, 1.165) is 0 Å². The van der Waals surface area contributed by atoms with Gasteiger partial charge in [0.05, 0.1) is 0 Å². The van der Waals surface area contributed by atoms with Crippen molar-refractivity contribution in [2.75, 3.05) is 13.1 Å². The molecule has 0 aromatic heterocycles. The van der Waals surface area contributed by atoms with E-state index in [9.17, 15) is 9.59 Å². The first-order valence-corrected chi connectivity index (χ1v) is 4.97. The molecule has 1 aliphatic rings. The molecule has 2 amide bonds. The van der Waals surface area contributed by atoms with Crippen LogP contribution in [0, 0.1) is 0 Å². The van der Waals surface area contributed by atoms with Crippen LogP contribution in [0.2, 0.25) is 0 Å². The Morgan fingerprint density at radius 1 is 1.21 bits per heavy atom. The first-order chi connectivity index (χ1) is 6.68. The van der Waals surface area contributed by atoms with Crippen molar-refractivity contribution in [3.63, 3.8) is 0 Å². The molecule has 5 heteroatoms. The summed E-state index contributed by atoms with van der Waals surface area (Å²) in [5, 5.41) is 5.86. The summed E-state index contributed by atoms with van der Waals surface area (Å²) in [6, 6.07) is 0.633. The molecule has 4 N–H and O–H groups in total. The van der Waals surface area contributed by atoms with Gasteiger partial charge in [0.25, 0.3) is 0 Å². The lowest BCUT2D eigenvalue weighted by Gasteiger charge is -2.04. The Morgan fingerprint density at radius 2 is 1.93 bits per heavy atom. The molecule has 0 radical (unpaired) electrons. The average molecular weight is 199 g/mol. The quantitative estimate of drug-likeness (QED) is 0.498. The summed E-state index contributed by atoms with van der Waals surface area (Å²) in [5.74, 6) is -0.416. The summed E-state index contributed by atoms with van der Waals surface area (Å²) in [7, 11) is 0. The number of nitrogens with two attached hydrogens (primary N) is 1. The van der Waals surface area contributed by atoms with Crippen LogP contribution in [0.15, 0.2) is 0 Å². The van der Waals surface area contributed by atoms with Crippen molar-refractivity contribution in [2.24, 2.45) is 5.73 Å². The fraction of sp³-hybridized carbons (Fsp3) is 0.778. The Labute approximate surface area is 83.4 Å². The molecule has 0 aromatic rings. The van der Waals surface area contributed by atoms with E-state index in [1.807, 2.05) is 0 Å². The Bertz CT molecular complexity index is 214. The number of nitrogens with one attached hydrogen (secondary N) is 2. The van der Waals surface area contributed by atoms with Crippen molar-refractivity contribution in [3.8, 4) is 0 Å². The predicted octanol–water partition coefficient (Wildman–Crippen LogP) is -0.880. The molecule has 80 valence electrons. The summed E-state index contributed by atoms with van der Waals surface area (Å²) >= 11 is 0. The largest absolute Gasteiger partial charge is 0.370 e. The molecule has 0 heterocycles. The highest BCUT2D eigenvalue weighted by atomic mass is 16.2. The number of carbonyl (C=O) groups excluding carboxylic acids is 2. The smallest absolute Gasteiger partial charge is 0.221 e. The van der Waals surface area contributed by atoms with E-state index in [0.29, 0.717) is 25.6 Å². The third kappa shape index (κ3) is 5.53.